The van der Waals surface area contributed by atoms with E-state index < -0.39 is 18.8 Å². The molecule has 3 nitrogen and oxygen atoms in total. The van der Waals surface area contributed by atoms with Crippen molar-refractivity contribution in [2.24, 2.45) is 5.73 Å². The van der Waals surface area contributed by atoms with Crippen molar-refractivity contribution in [2.75, 3.05) is 5.32 Å². The Bertz CT molecular complexity index is 448. The van der Waals surface area contributed by atoms with Crippen LogP contribution in [0.25, 0.3) is 0 Å². The molecule has 0 bridgehead atoms. The van der Waals surface area contributed by atoms with Crippen molar-refractivity contribution < 1.29 is 10.3 Å². The third-order valence-corrected chi connectivity index (χ3v) is 1.96. The summed E-state index contributed by atoms with van der Waals surface area (Å²) in [5, 5.41) is 2.41. The van der Waals surface area contributed by atoms with Crippen LogP contribution in [0.2, 0.25) is 0 Å². The Labute approximate surface area is 89.9 Å². The average molecular weight is 196 g/mol. The van der Waals surface area contributed by atoms with E-state index in [2.05, 4.69) is 5.32 Å². The van der Waals surface area contributed by atoms with Crippen LogP contribution in [0.3, 0.4) is 0 Å². The SMILES string of the molecule is [2H]C([2H])([2H])C([2H])(N)C(=O)Nc1c(C)cccc1C. The highest BCUT2D eigenvalue weighted by Crippen LogP contribution is 2.19. The van der Waals surface area contributed by atoms with Crippen LogP contribution in [0.5, 0.6) is 0 Å². The number of nitrogens with one attached hydrogen (secondary N) is 1. The van der Waals surface area contributed by atoms with Gasteiger partial charge in [0, 0.05) is 9.80 Å². The zero-order valence-electron chi connectivity index (χ0n) is 12.2. The number of para-hydroxylation sites is 1. The molecule has 0 fully saturated rings. The van der Waals surface area contributed by atoms with E-state index in [4.69, 9.17) is 11.2 Å². The predicted molar refractivity (Wildman–Crippen MR) is 58.2 cm³/mol. The highest BCUT2D eigenvalue weighted by Gasteiger charge is 2.10. The second-order valence-corrected chi connectivity index (χ2v) is 3.13. The largest absolute Gasteiger partial charge is 0.324 e. The lowest BCUT2D eigenvalue weighted by molar-refractivity contribution is -0.117. The molecule has 0 aliphatic carbocycles. The number of benzene rings is 1. The van der Waals surface area contributed by atoms with Gasteiger partial charge in [-0.3, -0.25) is 4.79 Å². The smallest absolute Gasteiger partial charge is 0.241 e. The van der Waals surface area contributed by atoms with Crippen molar-refractivity contribution in [2.45, 2.75) is 26.7 Å². The van der Waals surface area contributed by atoms with Crippen LogP contribution in [-0.4, -0.2) is 11.9 Å². The molecule has 1 aromatic rings. The topological polar surface area (TPSA) is 55.1 Å². The fraction of sp³-hybridized carbons (Fsp3) is 0.364. The Hall–Kier alpha value is -1.35. The van der Waals surface area contributed by atoms with Gasteiger partial charge < -0.3 is 11.1 Å². The maximum Gasteiger partial charge on any atom is 0.241 e. The minimum atomic E-state index is -2.88. The van der Waals surface area contributed by atoms with Gasteiger partial charge in [0.25, 0.3) is 0 Å². The molecule has 1 amide bonds. The van der Waals surface area contributed by atoms with Gasteiger partial charge in [-0.1, -0.05) is 18.2 Å². The van der Waals surface area contributed by atoms with Crippen LogP contribution in [0.15, 0.2) is 18.2 Å². The third kappa shape index (κ3) is 2.33. The number of nitrogens with two attached hydrogens (primary N) is 1. The number of carbonyl (C=O) groups is 1. The van der Waals surface area contributed by atoms with Crippen molar-refractivity contribution in [3.63, 3.8) is 0 Å². The number of rotatable bonds is 2. The van der Waals surface area contributed by atoms with E-state index in [1.54, 1.807) is 26.0 Å². The van der Waals surface area contributed by atoms with Gasteiger partial charge in [0.2, 0.25) is 5.91 Å². The molecule has 0 spiro atoms. The van der Waals surface area contributed by atoms with Crippen LogP contribution in [0.1, 0.15) is 23.5 Å². The van der Waals surface area contributed by atoms with Gasteiger partial charge in [0.1, 0.15) is 0 Å². The predicted octanol–water partition coefficient (Wildman–Crippen LogP) is 1.59. The minimum absolute atomic E-state index is 0.494. The van der Waals surface area contributed by atoms with Crippen molar-refractivity contribution in [3.05, 3.63) is 29.3 Å². The molecule has 0 radical (unpaired) electrons. The van der Waals surface area contributed by atoms with Gasteiger partial charge in [0.15, 0.2) is 0 Å². The molecule has 1 unspecified atom stereocenters. The molecule has 1 atom stereocenters. The normalized spacial score (nSPS) is 19.6. The quantitative estimate of drug-likeness (QED) is 0.754. The molecular weight excluding hydrogens is 176 g/mol. The van der Waals surface area contributed by atoms with Gasteiger partial charge >= 0.3 is 0 Å². The maximum absolute atomic E-state index is 11.8. The first-order valence-electron chi connectivity index (χ1n) is 6.24. The molecule has 1 aromatic carbocycles. The van der Waals surface area contributed by atoms with Crippen molar-refractivity contribution in [1.82, 2.24) is 0 Å². The Morgan fingerprint density at radius 3 is 2.64 bits per heavy atom. The van der Waals surface area contributed by atoms with Gasteiger partial charge in [-0.05, 0) is 31.8 Å². The molecule has 14 heavy (non-hydrogen) atoms. The summed E-state index contributed by atoms with van der Waals surface area (Å²) < 4.78 is 28.8. The van der Waals surface area contributed by atoms with E-state index in [-0.39, 0.29) is 0 Å². The molecule has 1 rings (SSSR count). The molecule has 0 saturated heterocycles. The van der Waals surface area contributed by atoms with Crippen LogP contribution < -0.4 is 11.1 Å². The Morgan fingerprint density at radius 1 is 1.57 bits per heavy atom. The first-order valence-corrected chi connectivity index (χ1v) is 4.24. The highest BCUT2D eigenvalue weighted by molar-refractivity contribution is 5.95. The Kier molecular flexibility index (Phi) is 1.88. The summed E-state index contributed by atoms with van der Waals surface area (Å²) in [6.07, 6.45) is 0. The van der Waals surface area contributed by atoms with Crippen LogP contribution in [-0.2, 0) is 4.79 Å². The van der Waals surface area contributed by atoms with Crippen LogP contribution in [0.4, 0.5) is 5.69 Å². The van der Waals surface area contributed by atoms with E-state index >= 15 is 0 Å². The molecule has 3 N–H and O–H groups in total. The molecular formula is C11H16N2O. The van der Waals surface area contributed by atoms with E-state index in [1.165, 1.54) is 0 Å². The second-order valence-electron chi connectivity index (χ2n) is 3.13. The first kappa shape index (κ1) is 6.19. The van der Waals surface area contributed by atoms with Crippen molar-refractivity contribution in [1.29, 1.82) is 0 Å². The van der Waals surface area contributed by atoms with Crippen LogP contribution in [0, 0.1) is 13.8 Å². The van der Waals surface area contributed by atoms with Gasteiger partial charge in [-0.15, -0.1) is 0 Å². The lowest BCUT2D eigenvalue weighted by Crippen LogP contribution is -2.32. The number of carbonyl (C=O) groups excluding carboxylic acids is 1. The second kappa shape index (κ2) is 4.24. The molecule has 0 aliphatic rings. The van der Waals surface area contributed by atoms with Crippen molar-refractivity contribution in [3.8, 4) is 0 Å². The Balaban J connectivity index is 3.03. The van der Waals surface area contributed by atoms with E-state index in [0.717, 1.165) is 11.1 Å². The zero-order valence-corrected chi connectivity index (χ0v) is 8.22. The van der Waals surface area contributed by atoms with E-state index in [1.807, 2.05) is 6.07 Å². The zero-order chi connectivity index (χ0) is 14.1. The summed E-state index contributed by atoms with van der Waals surface area (Å²) in [6.45, 7) is 0.674. The van der Waals surface area contributed by atoms with Gasteiger partial charge in [0.05, 0.1) is 7.39 Å². The molecule has 0 aliphatic heterocycles. The molecule has 0 heterocycles. The monoisotopic (exact) mass is 196 g/mol. The number of aryl methyl sites for hydroxylation is 2. The summed E-state index contributed by atoms with van der Waals surface area (Å²) in [5.74, 6) is -1.04. The molecule has 0 saturated carbocycles. The number of anilines is 1. The molecule has 76 valence electrons. The minimum Gasteiger partial charge on any atom is -0.324 e. The molecule has 3 heteroatoms. The van der Waals surface area contributed by atoms with Crippen LogP contribution >= 0.6 is 0 Å². The summed E-state index contributed by atoms with van der Waals surface area (Å²) in [7, 11) is 0. The third-order valence-electron chi connectivity index (χ3n) is 1.96. The lowest BCUT2D eigenvalue weighted by Gasteiger charge is -2.12. The standard InChI is InChI=1S/C11H16N2O/c1-7-5-4-6-8(2)10(7)13-11(14)9(3)12/h4-6,9H,12H2,1-3H3,(H,13,14)/i3D3,9D. The number of amides is 1. The summed E-state index contributed by atoms with van der Waals surface area (Å²) in [5.41, 5.74) is 7.34. The fourth-order valence-electron chi connectivity index (χ4n) is 1.19. The fourth-order valence-corrected chi connectivity index (χ4v) is 1.19. The number of hydrogen-bond donors (Lipinski definition) is 2. The average Bonchev–Trinajstić information content (AvgIpc) is 2.21. The van der Waals surface area contributed by atoms with Gasteiger partial charge in [-0.25, -0.2) is 0 Å². The summed E-state index contributed by atoms with van der Waals surface area (Å²) in [6, 6.07) is 2.71. The maximum atomic E-state index is 11.8. The first-order chi connectivity index (χ1) is 8.07. The number of hydrogen-bond acceptors (Lipinski definition) is 2. The highest BCUT2D eigenvalue weighted by atomic mass is 16.2. The summed E-state index contributed by atoms with van der Waals surface area (Å²) in [4.78, 5) is 11.8. The lowest BCUT2D eigenvalue weighted by atomic mass is 10.1. The molecule has 0 aromatic heterocycles. The Morgan fingerprint density at radius 2 is 2.14 bits per heavy atom. The van der Waals surface area contributed by atoms with Gasteiger partial charge in [-0.2, -0.15) is 0 Å². The van der Waals surface area contributed by atoms with E-state index in [9.17, 15) is 4.79 Å². The van der Waals surface area contributed by atoms with E-state index in [0.29, 0.717) is 5.69 Å². The summed E-state index contributed by atoms with van der Waals surface area (Å²) >= 11 is 0. The van der Waals surface area contributed by atoms with Crippen molar-refractivity contribution >= 4 is 11.6 Å².